The van der Waals surface area contributed by atoms with Crippen molar-refractivity contribution in [2.24, 2.45) is 0 Å². The van der Waals surface area contributed by atoms with Crippen LogP contribution in [-0.2, 0) is 22.7 Å². The van der Waals surface area contributed by atoms with Crippen LogP contribution in [0.2, 0.25) is 0 Å². The van der Waals surface area contributed by atoms with E-state index in [1.54, 1.807) is 18.2 Å². The Kier molecular flexibility index (Phi) is 6.07. The molecule has 2 aromatic rings. The average Bonchev–Trinajstić information content (AvgIpc) is 2.58. The molecule has 126 valence electrons. The Bertz CT molecular complexity index is 702. The molecule has 24 heavy (non-hydrogen) atoms. The zero-order valence-corrected chi connectivity index (χ0v) is 13.8. The molecule has 0 aliphatic carbocycles. The molecule has 1 N–H and O–H groups in total. The van der Waals surface area contributed by atoms with Crippen molar-refractivity contribution in [1.82, 2.24) is 10.2 Å². The third-order valence-corrected chi connectivity index (χ3v) is 3.67. The van der Waals surface area contributed by atoms with Gasteiger partial charge in [-0.1, -0.05) is 48.5 Å². The van der Waals surface area contributed by atoms with E-state index in [-0.39, 0.29) is 12.6 Å². The molecular weight excluding hydrogens is 307 g/mol. The zero-order chi connectivity index (χ0) is 17.5. The normalized spacial score (nSPS) is 10.5. The monoisotopic (exact) mass is 328 g/mol. The summed E-state index contributed by atoms with van der Waals surface area (Å²) in [5.74, 6) is -1.76. The summed E-state index contributed by atoms with van der Waals surface area (Å²) in [6, 6.07) is 15.5. The predicted molar refractivity (Wildman–Crippen MR) is 90.4 cm³/mol. The maximum absolute atomic E-state index is 13.6. The minimum atomic E-state index is -0.733. The lowest BCUT2D eigenvalue weighted by molar-refractivity contribution is -0.147. The summed E-state index contributed by atoms with van der Waals surface area (Å²) in [7, 11) is 0. The first kappa shape index (κ1) is 17.7. The Balaban J connectivity index is 2.01. The molecule has 4 nitrogen and oxygen atoms in total. The number of carbonyl (C=O) groups is 2. The number of hydrogen-bond acceptors (Lipinski definition) is 2. The second-order valence-electron chi connectivity index (χ2n) is 5.79. The second kappa shape index (κ2) is 8.24. The summed E-state index contributed by atoms with van der Waals surface area (Å²) < 4.78 is 13.6. The number of halogens is 1. The van der Waals surface area contributed by atoms with Crippen LogP contribution in [0.5, 0.6) is 0 Å². The molecule has 0 heterocycles. The van der Waals surface area contributed by atoms with Crippen LogP contribution in [0.3, 0.4) is 0 Å². The summed E-state index contributed by atoms with van der Waals surface area (Å²) in [6.45, 7) is 4.04. The fraction of sp³-hybridized carbons (Fsp3) is 0.263. The molecule has 0 spiro atoms. The molecule has 2 amide bonds. The van der Waals surface area contributed by atoms with Crippen LogP contribution in [-0.4, -0.2) is 22.8 Å². The lowest BCUT2D eigenvalue weighted by atomic mass is 10.2. The van der Waals surface area contributed by atoms with Crippen molar-refractivity contribution in [3.8, 4) is 0 Å². The number of benzene rings is 2. The SMILES string of the molecule is CC(C)N(Cc1ccccc1)C(=O)C(=O)NCc1ccccc1F. The van der Waals surface area contributed by atoms with Gasteiger partial charge in [-0.15, -0.1) is 0 Å². The van der Waals surface area contributed by atoms with Crippen molar-refractivity contribution in [1.29, 1.82) is 0 Å². The molecule has 0 aliphatic rings. The van der Waals surface area contributed by atoms with Crippen molar-refractivity contribution in [3.63, 3.8) is 0 Å². The van der Waals surface area contributed by atoms with Gasteiger partial charge in [0, 0.05) is 24.7 Å². The Morgan fingerprint density at radius 3 is 2.29 bits per heavy atom. The second-order valence-corrected chi connectivity index (χ2v) is 5.79. The fourth-order valence-corrected chi connectivity index (χ4v) is 2.29. The largest absolute Gasteiger partial charge is 0.344 e. The number of rotatable bonds is 5. The molecule has 0 aromatic heterocycles. The van der Waals surface area contributed by atoms with E-state index in [0.717, 1.165) is 5.56 Å². The van der Waals surface area contributed by atoms with E-state index in [1.165, 1.54) is 11.0 Å². The third-order valence-electron chi connectivity index (χ3n) is 3.67. The van der Waals surface area contributed by atoms with Crippen LogP contribution in [0.15, 0.2) is 54.6 Å². The van der Waals surface area contributed by atoms with E-state index in [1.807, 2.05) is 44.2 Å². The molecule has 0 radical (unpaired) electrons. The maximum atomic E-state index is 13.6. The molecular formula is C19H21FN2O2. The number of nitrogens with one attached hydrogen (secondary N) is 1. The van der Waals surface area contributed by atoms with Gasteiger partial charge in [0.2, 0.25) is 0 Å². The number of amides is 2. The van der Waals surface area contributed by atoms with Gasteiger partial charge in [0.05, 0.1) is 0 Å². The minimum absolute atomic E-state index is 0.0193. The van der Waals surface area contributed by atoms with Gasteiger partial charge in [0.1, 0.15) is 5.82 Å². The van der Waals surface area contributed by atoms with Crippen LogP contribution in [0.25, 0.3) is 0 Å². The lowest BCUT2D eigenvalue weighted by Gasteiger charge is -2.26. The van der Waals surface area contributed by atoms with Crippen LogP contribution in [0.4, 0.5) is 4.39 Å². The highest BCUT2D eigenvalue weighted by molar-refractivity contribution is 6.35. The van der Waals surface area contributed by atoms with E-state index in [2.05, 4.69) is 5.32 Å². The quantitative estimate of drug-likeness (QED) is 0.858. The topological polar surface area (TPSA) is 49.4 Å². The summed E-state index contributed by atoms with van der Waals surface area (Å²) in [5.41, 5.74) is 1.29. The molecule has 2 aromatic carbocycles. The Labute approximate surface area is 141 Å². The molecule has 0 aliphatic heterocycles. The predicted octanol–water partition coefficient (Wildman–Crippen LogP) is 2.88. The molecule has 0 fully saturated rings. The molecule has 2 rings (SSSR count). The van der Waals surface area contributed by atoms with Gasteiger partial charge in [0.15, 0.2) is 0 Å². The Hall–Kier alpha value is -2.69. The Morgan fingerprint density at radius 1 is 1.04 bits per heavy atom. The van der Waals surface area contributed by atoms with Crippen molar-refractivity contribution in [2.75, 3.05) is 0 Å². The average molecular weight is 328 g/mol. The zero-order valence-electron chi connectivity index (χ0n) is 13.8. The van der Waals surface area contributed by atoms with Gasteiger partial charge < -0.3 is 10.2 Å². The van der Waals surface area contributed by atoms with E-state index >= 15 is 0 Å². The summed E-state index contributed by atoms with van der Waals surface area (Å²) >= 11 is 0. The van der Waals surface area contributed by atoms with Crippen LogP contribution in [0.1, 0.15) is 25.0 Å². The summed E-state index contributed by atoms with van der Waals surface area (Å²) in [4.78, 5) is 26.0. The maximum Gasteiger partial charge on any atom is 0.312 e. The molecule has 0 unspecified atom stereocenters. The van der Waals surface area contributed by atoms with Gasteiger partial charge in [-0.2, -0.15) is 0 Å². The third kappa shape index (κ3) is 4.65. The molecule has 0 saturated heterocycles. The number of carbonyl (C=O) groups excluding carboxylic acids is 2. The van der Waals surface area contributed by atoms with Gasteiger partial charge in [-0.05, 0) is 25.5 Å². The molecule has 0 saturated carbocycles. The van der Waals surface area contributed by atoms with Crippen molar-refractivity contribution in [2.45, 2.75) is 33.0 Å². The van der Waals surface area contributed by atoms with Crippen LogP contribution >= 0.6 is 0 Å². The fourth-order valence-electron chi connectivity index (χ4n) is 2.29. The lowest BCUT2D eigenvalue weighted by Crippen LogP contribution is -2.45. The van der Waals surface area contributed by atoms with Crippen molar-refractivity contribution in [3.05, 3.63) is 71.5 Å². The van der Waals surface area contributed by atoms with Crippen LogP contribution < -0.4 is 5.32 Å². The molecule has 5 heteroatoms. The molecule has 0 bridgehead atoms. The van der Waals surface area contributed by atoms with E-state index < -0.39 is 17.6 Å². The van der Waals surface area contributed by atoms with Gasteiger partial charge >= 0.3 is 11.8 Å². The smallest absolute Gasteiger partial charge is 0.312 e. The van der Waals surface area contributed by atoms with Crippen LogP contribution in [0, 0.1) is 5.82 Å². The van der Waals surface area contributed by atoms with Gasteiger partial charge in [0.25, 0.3) is 0 Å². The van der Waals surface area contributed by atoms with E-state index in [9.17, 15) is 14.0 Å². The van der Waals surface area contributed by atoms with E-state index in [4.69, 9.17) is 0 Å². The van der Waals surface area contributed by atoms with Crippen molar-refractivity contribution < 1.29 is 14.0 Å². The highest BCUT2D eigenvalue weighted by atomic mass is 19.1. The number of nitrogens with zero attached hydrogens (tertiary/aromatic N) is 1. The molecule has 0 atom stereocenters. The van der Waals surface area contributed by atoms with Crippen molar-refractivity contribution >= 4 is 11.8 Å². The van der Waals surface area contributed by atoms with Gasteiger partial charge in [-0.3, -0.25) is 9.59 Å². The summed E-state index contributed by atoms with van der Waals surface area (Å²) in [5, 5.41) is 2.49. The van der Waals surface area contributed by atoms with Gasteiger partial charge in [-0.25, -0.2) is 4.39 Å². The summed E-state index contributed by atoms with van der Waals surface area (Å²) in [6.07, 6.45) is 0. The number of hydrogen-bond donors (Lipinski definition) is 1. The Morgan fingerprint density at radius 2 is 1.67 bits per heavy atom. The highest BCUT2D eigenvalue weighted by Gasteiger charge is 2.24. The first-order chi connectivity index (χ1) is 11.5. The highest BCUT2D eigenvalue weighted by Crippen LogP contribution is 2.09. The standard InChI is InChI=1S/C19H21FN2O2/c1-14(2)22(13-15-8-4-3-5-9-15)19(24)18(23)21-12-16-10-6-7-11-17(16)20/h3-11,14H,12-13H2,1-2H3,(H,21,23). The minimum Gasteiger partial charge on any atom is -0.344 e. The first-order valence-electron chi connectivity index (χ1n) is 7.85. The first-order valence-corrected chi connectivity index (χ1v) is 7.85. The van der Waals surface area contributed by atoms with E-state index in [0.29, 0.717) is 12.1 Å².